The number of esters is 1. The topological polar surface area (TPSA) is 81.8 Å². The molecule has 5 rings (SSSR count). The van der Waals surface area contributed by atoms with Crippen molar-refractivity contribution in [2.45, 2.75) is 163 Å². The van der Waals surface area contributed by atoms with Gasteiger partial charge in [0.25, 0.3) is 0 Å². The summed E-state index contributed by atoms with van der Waals surface area (Å²) in [6, 6.07) is -0.569. The fourth-order valence-electron chi connectivity index (χ4n) is 12.0. The van der Waals surface area contributed by atoms with Crippen LogP contribution in [0.2, 0.25) is 0 Å². The van der Waals surface area contributed by atoms with Gasteiger partial charge in [0.15, 0.2) is 0 Å². The molecule has 0 amide bonds. The number of rotatable bonds is 4. The summed E-state index contributed by atoms with van der Waals surface area (Å²) in [5.74, 6) is 1.42. The lowest BCUT2D eigenvalue weighted by Gasteiger charge is -2.70. The van der Waals surface area contributed by atoms with E-state index in [0.29, 0.717) is 17.8 Å². The SMILES string of the molecule is CC(C)[C@H](N)C(=O)O[C@H]1CC[C@]2(C)[C@H]3C[C@@H](O)[C@@H]4[C@@H]([C@@]5(C)CCCC(C)(C)O5)CC[C@@]4(C)[C@]3(C)CC[C@H]2C1(C)C. The smallest absolute Gasteiger partial charge is 0.323 e. The normalized spacial score (nSPS) is 50.4. The number of carbonyl (C=O) groups excluding carboxylic acids is 1. The molecule has 3 N–H and O–H groups in total. The summed E-state index contributed by atoms with van der Waals surface area (Å²) in [5.41, 5.74) is 6.20. The van der Waals surface area contributed by atoms with Crippen LogP contribution < -0.4 is 5.73 Å². The maximum atomic E-state index is 12.9. The van der Waals surface area contributed by atoms with Gasteiger partial charge in [-0.1, -0.05) is 48.5 Å². The van der Waals surface area contributed by atoms with Crippen LogP contribution in [0.4, 0.5) is 0 Å². The second-order valence-corrected chi connectivity index (χ2v) is 17.5. The summed E-state index contributed by atoms with van der Waals surface area (Å²) < 4.78 is 13.1. The van der Waals surface area contributed by atoms with Crippen LogP contribution in [0.25, 0.3) is 0 Å². The molecule has 5 aliphatic rings. The van der Waals surface area contributed by atoms with Crippen molar-refractivity contribution in [3.63, 3.8) is 0 Å². The van der Waals surface area contributed by atoms with Crippen molar-refractivity contribution >= 4 is 5.97 Å². The minimum Gasteiger partial charge on any atom is -0.461 e. The van der Waals surface area contributed by atoms with Gasteiger partial charge in [-0.2, -0.15) is 0 Å². The Morgan fingerprint density at radius 3 is 2.15 bits per heavy atom. The molecule has 0 aromatic heterocycles. The van der Waals surface area contributed by atoms with Crippen molar-refractivity contribution in [1.82, 2.24) is 0 Å². The lowest BCUT2D eigenvalue weighted by atomic mass is 9.35. The second kappa shape index (κ2) is 9.68. The largest absolute Gasteiger partial charge is 0.461 e. The molecule has 230 valence electrons. The van der Waals surface area contributed by atoms with Gasteiger partial charge in [-0.15, -0.1) is 0 Å². The highest BCUT2D eigenvalue weighted by Crippen LogP contribution is 2.76. The molecule has 4 saturated carbocycles. The summed E-state index contributed by atoms with van der Waals surface area (Å²) in [6.45, 7) is 23.1. The Kier molecular flexibility index (Phi) is 7.45. The average Bonchev–Trinajstić information content (AvgIpc) is 3.22. The molecule has 0 spiro atoms. The van der Waals surface area contributed by atoms with E-state index in [2.05, 4.69) is 55.4 Å². The summed E-state index contributed by atoms with van der Waals surface area (Å²) in [5, 5.41) is 12.1. The van der Waals surface area contributed by atoms with E-state index in [1.165, 1.54) is 19.3 Å². The first kappa shape index (κ1) is 30.8. The molecule has 1 heterocycles. The van der Waals surface area contributed by atoms with E-state index in [0.717, 1.165) is 44.9 Å². The van der Waals surface area contributed by atoms with Gasteiger partial charge in [-0.05, 0) is 131 Å². The third-order valence-electron chi connectivity index (χ3n) is 14.3. The fourth-order valence-corrected chi connectivity index (χ4v) is 12.0. The van der Waals surface area contributed by atoms with E-state index in [9.17, 15) is 9.90 Å². The fraction of sp³-hybridized carbons (Fsp3) is 0.971. The van der Waals surface area contributed by atoms with Gasteiger partial charge in [0.05, 0.1) is 17.3 Å². The van der Waals surface area contributed by atoms with Crippen LogP contribution in [0.15, 0.2) is 0 Å². The summed E-state index contributed by atoms with van der Waals surface area (Å²) in [6.07, 6.45) is 10.5. The van der Waals surface area contributed by atoms with E-state index in [1.807, 2.05) is 13.8 Å². The monoisotopic (exact) mass is 559 g/mol. The van der Waals surface area contributed by atoms with E-state index < -0.39 is 6.04 Å². The number of aliphatic hydroxyl groups excluding tert-OH is 1. The lowest BCUT2D eigenvalue weighted by Crippen LogP contribution is -2.67. The zero-order valence-corrected chi connectivity index (χ0v) is 27.4. The van der Waals surface area contributed by atoms with Gasteiger partial charge in [0, 0.05) is 5.41 Å². The summed E-state index contributed by atoms with van der Waals surface area (Å²) in [7, 11) is 0. The van der Waals surface area contributed by atoms with Gasteiger partial charge in [-0.25, -0.2) is 0 Å². The van der Waals surface area contributed by atoms with Crippen LogP contribution in [-0.2, 0) is 14.3 Å². The lowest BCUT2D eigenvalue weighted by molar-refractivity contribution is -0.259. The number of hydrogen-bond donors (Lipinski definition) is 2. The van der Waals surface area contributed by atoms with Crippen LogP contribution in [0, 0.1) is 51.2 Å². The number of ether oxygens (including phenoxy) is 2. The molecular formula is C35H61NO4. The number of fused-ring (bicyclic) bond motifs is 5. The molecule has 0 unspecified atom stereocenters. The first-order chi connectivity index (χ1) is 18.3. The van der Waals surface area contributed by atoms with Crippen LogP contribution in [-0.4, -0.2) is 40.5 Å². The molecule has 5 heteroatoms. The predicted octanol–water partition coefficient (Wildman–Crippen LogP) is 7.28. The maximum absolute atomic E-state index is 12.9. The van der Waals surface area contributed by atoms with Crippen LogP contribution in [0.3, 0.4) is 0 Å². The van der Waals surface area contributed by atoms with Crippen molar-refractivity contribution in [1.29, 1.82) is 0 Å². The zero-order chi connectivity index (χ0) is 29.7. The van der Waals surface area contributed by atoms with E-state index in [4.69, 9.17) is 15.2 Å². The molecular weight excluding hydrogens is 498 g/mol. The third-order valence-corrected chi connectivity index (χ3v) is 14.3. The highest BCUT2D eigenvalue weighted by Gasteiger charge is 2.72. The highest BCUT2D eigenvalue weighted by atomic mass is 16.5. The number of aliphatic hydroxyl groups is 1. The molecule has 0 aromatic carbocycles. The molecule has 1 saturated heterocycles. The third kappa shape index (κ3) is 4.36. The van der Waals surface area contributed by atoms with E-state index in [1.54, 1.807) is 0 Å². The number of hydrogen-bond acceptors (Lipinski definition) is 5. The Hall–Kier alpha value is -0.650. The molecule has 0 bridgehead atoms. The molecule has 4 aliphatic carbocycles. The van der Waals surface area contributed by atoms with Crippen molar-refractivity contribution < 1.29 is 19.4 Å². The van der Waals surface area contributed by atoms with Crippen molar-refractivity contribution in [3.8, 4) is 0 Å². The first-order valence-electron chi connectivity index (χ1n) is 16.7. The average molecular weight is 560 g/mol. The maximum Gasteiger partial charge on any atom is 0.323 e. The van der Waals surface area contributed by atoms with Gasteiger partial charge < -0.3 is 20.3 Å². The molecule has 5 fully saturated rings. The molecule has 40 heavy (non-hydrogen) atoms. The molecule has 0 aromatic rings. The van der Waals surface area contributed by atoms with Gasteiger partial charge >= 0.3 is 5.97 Å². The van der Waals surface area contributed by atoms with Crippen molar-refractivity contribution in [3.05, 3.63) is 0 Å². The predicted molar refractivity (Wildman–Crippen MR) is 161 cm³/mol. The van der Waals surface area contributed by atoms with Crippen LogP contribution in [0.5, 0.6) is 0 Å². The van der Waals surface area contributed by atoms with Crippen LogP contribution >= 0.6 is 0 Å². The molecule has 0 radical (unpaired) electrons. The Labute approximate surface area is 245 Å². The second-order valence-electron chi connectivity index (χ2n) is 17.5. The quantitative estimate of drug-likeness (QED) is 0.354. The van der Waals surface area contributed by atoms with Crippen LogP contribution in [0.1, 0.15) is 133 Å². The Bertz CT molecular complexity index is 992. The molecule has 1 aliphatic heterocycles. The van der Waals surface area contributed by atoms with Crippen molar-refractivity contribution in [2.75, 3.05) is 0 Å². The van der Waals surface area contributed by atoms with Gasteiger partial charge in [0.2, 0.25) is 0 Å². The Morgan fingerprint density at radius 2 is 1.52 bits per heavy atom. The first-order valence-corrected chi connectivity index (χ1v) is 16.7. The zero-order valence-electron chi connectivity index (χ0n) is 27.4. The minimum atomic E-state index is -0.569. The van der Waals surface area contributed by atoms with Gasteiger partial charge in [0.1, 0.15) is 12.1 Å². The number of nitrogens with two attached hydrogens (primary N) is 1. The molecule has 11 atom stereocenters. The highest BCUT2D eigenvalue weighted by molar-refractivity contribution is 5.76. The molecule has 5 nitrogen and oxygen atoms in total. The van der Waals surface area contributed by atoms with Gasteiger partial charge in [-0.3, -0.25) is 4.79 Å². The Morgan fingerprint density at radius 1 is 0.875 bits per heavy atom. The van der Waals surface area contributed by atoms with E-state index >= 15 is 0 Å². The van der Waals surface area contributed by atoms with E-state index in [-0.39, 0.29) is 62.9 Å². The summed E-state index contributed by atoms with van der Waals surface area (Å²) in [4.78, 5) is 12.9. The summed E-state index contributed by atoms with van der Waals surface area (Å²) >= 11 is 0. The minimum absolute atomic E-state index is 0.0693. The Balaban J connectivity index is 1.42. The standard InChI is InChI=1S/C35H61NO4/c1-21(2)28(36)29(38)39-26-14-17-32(7)24(31(26,5)6)13-19-33(8)25(32)20-23(37)27-22(12-18-34(27,33)9)35(10)16-11-15-30(3,4)40-35/h21-28,37H,11-20,36H2,1-10H3/t22-,23+,24-,25+,26-,27-,28-,32-,33+,34+,35+/m0/s1. The number of carbonyl (C=O) groups is 1. The van der Waals surface area contributed by atoms with Crippen molar-refractivity contribution in [2.24, 2.45) is 57.0 Å².